The van der Waals surface area contributed by atoms with Gasteiger partial charge in [-0.15, -0.1) is 0 Å². The van der Waals surface area contributed by atoms with Crippen LogP contribution in [0.4, 0.5) is 5.69 Å². The molecule has 0 saturated heterocycles. The van der Waals surface area contributed by atoms with Crippen LogP contribution in [0.5, 0.6) is 5.75 Å². The average molecular weight is 304 g/mol. The molecule has 0 aliphatic heterocycles. The van der Waals surface area contributed by atoms with Crippen LogP contribution in [0.25, 0.3) is 16.6 Å². The molecule has 5 heteroatoms. The Kier molecular flexibility index (Phi) is 4.01. The van der Waals surface area contributed by atoms with E-state index in [0.717, 1.165) is 22.2 Å². The fraction of sp³-hybridized carbons (Fsp3) is 0.0556. The highest BCUT2D eigenvalue weighted by Gasteiger charge is 2.08. The highest BCUT2D eigenvalue weighted by molar-refractivity contribution is 5.82. The number of pyridine rings is 1. The van der Waals surface area contributed by atoms with Crippen molar-refractivity contribution in [2.45, 2.75) is 6.92 Å². The van der Waals surface area contributed by atoms with Crippen LogP contribution in [0.1, 0.15) is 11.3 Å². The van der Waals surface area contributed by atoms with Crippen molar-refractivity contribution in [3.63, 3.8) is 0 Å². The van der Waals surface area contributed by atoms with Crippen molar-refractivity contribution in [2.24, 2.45) is 5.11 Å². The van der Waals surface area contributed by atoms with E-state index in [1.165, 1.54) is 0 Å². The van der Waals surface area contributed by atoms with Crippen molar-refractivity contribution in [1.82, 2.24) is 4.98 Å². The lowest BCUT2D eigenvalue weighted by molar-refractivity contribution is 0.475. The summed E-state index contributed by atoms with van der Waals surface area (Å²) in [4.78, 5) is 4.61. The van der Waals surface area contributed by atoms with E-state index >= 15 is 0 Å². The van der Waals surface area contributed by atoms with Crippen molar-refractivity contribution in [1.29, 1.82) is 5.53 Å². The topological polar surface area (TPSA) is 81.4 Å². The van der Waals surface area contributed by atoms with E-state index in [-0.39, 0.29) is 5.75 Å². The first kappa shape index (κ1) is 14.7. The molecule has 3 aromatic rings. The molecular weight excluding hydrogens is 288 g/mol. The third-order valence-corrected chi connectivity index (χ3v) is 3.52. The van der Waals surface area contributed by atoms with Gasteiger partial charge in [0.15, 0.2) is 0 Å². The fourth-order valence-electron chi connectivity index (χ4n) is 2.34. The number of benzene rings is 2. The van der Waals surface area contributed by atoms with E-state index < -0.39 is 0 Å². The number of nitrogens with one attached hydrogen (secondary N) is 2. The van der Waals surface area contributed by atoms with Crippen LogP contribution < -0.4 is 5.32 Å². The molecule has 0 spiro atoms. The van der Waals surface area contributed by atoms with Gasteiger partial charge in [0.25, 0.3) is 0 Å². The Labute approximate surface area is 133 Å². The number of phenols is 1. The molecule has 0 saturated carbocycles. The number of hydrogen-bond acceptors (Lipinski definition) is 5. The Hall–Kier alpha value is -3.21. The van der Waals surface area contributed by atoms with Crippen LogP contribution in [0.2, 0.25) is 0 Å². The quantitative estimate of drug-likeness (QED) is 0.483. The van der Waals surface area contributed by atoms with E-state index in [0.29, 0.717) is 11.4 Å². The van der Waals surface area contributed by atoms with E-state index in [1.54, 1.807) is 30.5 Å². The first-order valence-corrected chi connectivity index (χ1v) is 7.17. The summed E-state index contributed by atoms with van der Waals surface area (Å²) in [6, 6.07) is 16.6. The Morgan fingerprint density at radius 1 is 1.17 bits per heavy atom. The fourth-order valence-corrected chi connectivity index (χ4v) is 2.34. The summed E-state index contributed by atoms with van der Waals surface area (Å²) >= 11 is 0. The Morgan fingerprint density at radius 3 is 2.65 bits per heavy atom. The van der Waals surface area contributed by atoms with Crippen LogP contribution in [0.15, 0.2) is 65.9 Å². The maximum absolute atomic E-state index is 9.29. The molecule has 0 unspecified atom stereocenters. The lowest BCUT2D eigenvalue weighted by atomic mass is 10.1. The van der Waals surface area contributed by atoms with Crippen LogP contribution in [0, 0.1) is 12.5 Å². The molecule has 0 amide bonds. The minimum absolute atomic E-state index is 0.206. The molecular formula is C18H16N4O. The van der Waals surface area contributed by atoms with E-state index in [1.807, 2.05) is 37.3 Å². The Balaban J connectivity index is 1.96. The first-order valence-electron chi connectivity index (χ1n) is 7.17. The Bertz CT molecular complexity index is 885. The molecule has 0 radical (unpaired) electrons. The number of nitrogens with zero attached hydrogens (tertiary/aromatic N) is 2. The lowest BCUT2D eigenvalue weighted by Gasteiger charge is -2.08. The maximum atomic E-state index is 9.29. The second-order valence-electron chi connectivity index (χ2n) is 5.18. The van der Waals surface area contributed by atoms with Crippen LogP contribution in [-0.4, -0.2) is 10.1 Å². The zero-order valence-electron chi connectivity index (χ0n) is 12.6. The van der Waals surface area contributed by atoms with Crippen LogP contribution in [-0.2, 0) is 0 Å². The van der Waals surface area contributed by atoms with Crippen LogP contribution in [0.3, 0.4) is 0 Å². The number of phenolic OH excluding ortho intramolecular Hbond substituents is 1. The number of aryl methyl sites for hydroxylation is 1. The molecule has 114 valence electrons. The van der Waals surface area contributed by atoms with Crippen molar-refractivity contribution in [3.05, 3.63) is 72.1 Å². The van der Waals surface area contributed by atoms with Gasteiger partial charge in [0.2, 0.25) is 0 Å². The minimum Gasteiger partial charge on any atom is -0.508 e. The molecule has 23 heavy (non-hydrogen) atoms. The van der Waals surface area contributed by atoms with Gasteiger partial charge < -0.3 is 10.4 Å². The SMILES string of the molecule is Cc1cc2ccccc2nc1/C(=C/Nc1ccc(O)cc1)N=N. The number of aromatic nitrogens is 1. The molecule has 1 heterocycles. The summed E-state index contributed by atoms with van der Waals surface area (Å²) in [6.07, 6.45) is 1.64. The number of rotatable bonds is 4. The maximum Gasteiger partial charge on any atom is 0.127 e. The summed E-state index contributed by atoms with van der Waals surface area (Å²) in [5, 5.41) is 17.0. The van der Waals surface area contributed by atoms with Crippen molar-refractivity contribution in [3.8, 4) is 5.75 Å². The molecule has 5 nitrogen and oxygen atoms in total. The number of fused-ring (bicyclic) bond motifs is 1. The summed E-state index contributed by atoms with van der Waals surface area (Å²) in [5.74, 6) is 0.206. The number of anilines is 1. The summed E-state index contributed by atoms with van der Waals surface area (Å²) in [7, 11) is 0. The average Bonchev–Trinajstić information content (AvgIpc) is 2.57. The van der Waals surface area contributed by atoms with E-state index in [4.69, 9.17) is 5.53 Å². The third-order valence-electron chi connectivity index (χ3n) is 3.52. The Morgan fingerprint density at radius 2 is 1.91 bits per heavy atom. The number of para-hydroxylation sites is 1. The van der Waals surface area contributed by atoms with Gasteiger partial charge in [0, 0.05) is 17.3 Å². The lowest BCUT2D eigenvalue weighted by Crippen LogP contribution is -1.96. The molecule has 3 N–H and O–H groups in total. The standard InChI is InChI=1S/C18H16N4O/c1-12-10-13-4-2-3-5-16(13)21-18(12)17(22-19)11-20-14-6-8-15(23)9-7-14/h2-11,19-20,23H,1H3/b17-11-,22-19?. The molecule has 1 aromatic heterocycles. The monoisotopic (exact) mass is 304 g/mol. The predicted octanol–water partition coefficient (Wildman–Crippen LogP) is 4.69. The number of hydrogen-bond donors (Lipinski definition) is 3. The van der Waals surface area contributed by atoms with Gasteiger partial charge in [0.05, 0.1) is 11.2 Å². The zero-order valence-corrected chi connectivity index (χ0v) is 12.6. The second kappa shape index (κ2) is 6.27. The normalized spacial score (nSPS) is 11.4. The predicted molar refractivity (Wildman–Crippen MR) is 91.3 cm³/mol. The van der Waals surface area contributed by atoms with E-state index in [2.05, 4.69) is 15.4 Å². The van der Waals surface area contributed by atoms with Crippen molar-refractivity contribution in [2.75, 3.05) is 5.32 Å². The minimum atomic E-state index is 0.206. The smallest absolute Gasteiger partial charge is 0.127 e. The second-order valence-corrected chi connectivity index (χ2v) is 5.18. The summed E-state index contributed by atoms with van der Waals surface area (Å²) in [5.41, 5.74) is 11.2. The molecule has 0 atom stereocenters. The molecule has 3 rings (SSSR count). The van der Waals surface area contributed by atoms with Gasteiger partial charge in [-0.2, -0.15) is 5.11 Å². The van der Waals surface area contributed by atoms with Gasteiger partial charge in [-0.05, 0) is 48.9 Å². The highest BCUT2D eigenvalue weighted by atomic mass is 16.3. The van der Waals surface area contributed by atoms with Gasteiger partial charge >= 0.3 is 0 Å². The first-order chi connectivity index (χ1) is 11.2. The largest absolute Gasteiger partial charge is 0.508 e. The summed E-state index contributed by atoms with van der Waals surface area (Å²) in [6.45, 7) is 1.95. The van der Waals surface area contributed by atoms with Crippen molar-refractivity contribution < 1.29 is 5.11 Å². The van der Waals surface area contributed by atoms with Gasteiger partial charge in [-0.25, -0.2) is 10.5 Å². The van der Waals surface area contributed by atoms with Crippen molar-refractivity contribution >= 4 is 22.3 Å². The van der Waals surface area contributed by atoms with Crippen LogP contribution >= 0.6 is 0 Å². The van der Waals surface area contributed by atoms with Gasteiger partial charge in [-0.3, -0.25) is 0 Å². The van der Waals surface area contributed by atoms with Gasteiger partial charge in [-0.1, -0.05) is 18.2 Å². The highest BCUT2D eigenvalue weighted by Crippen LogP contribution is 2.23. The third kappa shape index (κ3) is 3.18. The molecule has 0 fully saturated rings. The molecule has 0 aliphatic rings. The zero-order chi connectivity index (χ0) is 16.2. The molecule has 2 aromatic carbocycles. The van der Waals surface area contributed by atoms with E-state index in [9.17, 15) is 5.11 Å². The van der Waals surface area contributed by atoms with Gasteiger partial charge in [0.1, 0.15) is 11.4 Å². The molecule has 0 aliphatic carbocycles. The molecule has 0 bridgehead atoms. The number of aromatic hydroxyl groups is 1. The summed E-state index contributed by atoms with van der Waals surface area (Å²) < 4.78 is 0.